The number of hydrogen-bond donors (Lipinski definition) is 2. The first-order valence-corrected chi connectivity index (χ1v) is 8.40. The number of piperidine rings is 1. The van der Waals surface area contributed by atoms with E-state index in [4.69, 9.17) is 5.73 Å². The standard InChI is InChI=1S/C17H25F3N4O.HI/c1-12(2)24-9-5-6-13(11-24)10-22-16(21)23-14-7-3-4-8-15(14)25-17(18,19)20;/h3-4,7-8,12-13H,5-6,9-11H2,1-2H3,(H3,21,22,23);1H. The molecule has 1 heterocycles. The van der Waals surface area contributed by atoms with Crippen LogP contribution in [0.25, 0.3) is 0 Å². The first kappa shape index (κ1) is 22.8. The van der Waals surface area contributed by atoms with E-state index in [0.29, 0.717) is 18.5 Å². The van der Waals surface area contributed by atoms with E-state index in [-0.39, 0.29) is 41.4 Å². The number of halogens is 4. The monoisotopic (exact) mass is 486 g/mol. The molecule has 3 N–H and O–H groups in total. The van der Waals surface area contributed by atoms with Gasteiger partial charge in [-0.15, -0.1) is 37.1 Å². The number of nitrogens with one attached hydrogen (secondary N) is 1. The van der Waals surface area contributed by atoms with Crippen LogP contribution in [0.5, 0.6) is 5.75 Å². The van der Waals surface area contributed by atoms with Crippen molar-refractivity contribution >= 4 is 35.6 Å². The van der Waals surface area contributed by atoms with E-state index in [1.54, 1.807) is 6.07 Å². The Hall–Kier alpha value is -1.23. The van der Waals surface area contributed by atoms with Gasteiger partial charge >= 0.3 is 6.36 Å². The topological polar surface area (TPSA) is 62.9 Å². The molecule has 0 spiro atoms. The number of para-hydroxylation sites is 2. The number of anilines is 1. The first-order chi connectivity index (χ1) is 11.7. The maximum atomic E-state index is 12.4. The smallest absolute Gasteiger partial charge is 0.404 e. The molecule has 0 amide bonds. The van der Waals surface area contributed by atoms with Crippen molar-refractivity contribution < 1.29 is 17.9 Å². The average molecular weight is 486 g/mol. The van der Waals surface area contributed by atoms with Crippen molar-refractivity contribution in [1.29, 1.82) is 0 Å². The normalized spacial score (nSPS) is 19.2. The number of likely N-dealkylation sites (tertiary alicyclic amines) is 1. The van der Waals surface area contributed by atoms with Gasteiger partial charge in [0, 0.05) is 19.1 Å². The predicted molar refractivity (Wildman–Crippen MR) is 108 cm³/mol. The van der Waals surface area contributed by atoms with Gasteiger partial charge in [0.25, 0.3) is 0 Å². The number of ether oxygens (including phenoxy) is 1. The lowest BCUT2D eigenvalue weighted by atomic mass is 9.97. The minimum absolute atomic E-state index is 0. The van der Waals surface area contributed by atoms with E-state index < -0.39 is 6.36 Å². The Morgan fingerprint density at radius 3 is 2.73 bits per heavy atom. The number of benzene rings is 1. The molecule has 0 aliphatic carbocycles. The van der Waals surface area contributed by atoms with Crippen LogP contribution in [0.4, 0.5) is 18.9 Å². The highest BCUT2D eigenvalue weighted by molar-refractivity contribution is 14.0. The number of hydrogen-bond acceptors (Lipinski definition) is 3. The predicted octanol–water partition coefficient (Wildman–Crippen LogP) is 4.05. The van der Waals surface area contributed by atoms with Crippen molar-refractivity contribution in [3.05, 3.63) is 24.3 Å². The van der Waals surface area contributed by atoms with Gasteiger partial charge in [-0.2, -0.15) is 0 Å². The third-order valence-electron chi connectivity index (χ3n) is 4.18. The van der Waals surface area contributed by atoms with E-state index in [1.165, 1.54) is 18.2 Å². The van der Waals surface area contributed by atoms with E-state index in [9.17, 15) is 13.2 Å². The van der Waals surface area contributed by atoms with Gasteiger partial charge in [0.15, 0.2) is 11.7 Å². The lowest BCUT2D eigenvalue weighted by molar-refractivity contribution is -0.274. The fraction of sp³-hybridized carbons (Fsp3) is 0.588. The molecule has 1 aromatic rings. The average Bonchev–Trinajstić information content (AvgIpc) is 2.54. The van der Waals surface area contributed by atoms with Crippen LogP contribution in [-0.2, 0) is 0 Å². The van der Waals surface area contributed by atoms with Gasteiger partial charge in [-0.25, -0.2) is 0 Å². The summed E-state index contributed by atoms with van der Waals surface area (Å²) in [4.78, 5) is 6.70. The Kier molecular flexibility index (Phi) is 8.94. The highest BCUT2D eigenvalue weighted by Gasteiger charge is 2.32. The first-order valence-electron chi connectivity index (χ1n) is 8.40. The van der Waals surface area contributed by atoms with Crippen LogP contribution in [0, 0.1) is 5.92 Å². The molecular formula is C17H26F3IN4O. The molecule has 0 aromatic heterocycles. The van der Waals surface area contributed by atoms with Gasteiger partial charge in [-0.1, -0.05) is 12.1 Å². The molecule has 1 unspecified atom stereocenters. The Balaban J connectivity index is 0.00000338. The number of guanidine groups is 1. The van der Waals surface area contributed by atoms with Crippen molar-refractivity contribution in [2.24, 2.45) is 16.6 Å². The third kappa shape index (κ3) is 7.56. The molecule has 0 saturated carbocycles. The highest BCUT2D eigenvalue weighted by Crippen LogP contribution is 2.29. The summed E-state index contributed by atoms with van der Waals surface area (Å²) in [6.07, 6.45) is -2.56. The number of aliphatic imine (C=N–C) groups is 1. The summed E-state index contributed by atoms with van der Waals surface area (Å²) < 4.78 is 41.3. The molecule has 1 fully saturated rings. The fourth-order valence-electron chi connectivity index (χ4n) is 2.90. The second kappa shape index (κ2) is 10.2. The molecule has 0 bridgehead atoms. The largest absolute Gasteiger partial charge is 0.573 e. The zero-order chi connectivity index (χ0) is 18.4. The van der Waals surface area contributed by atoms with E-state index in [0.717, 1.165) is 25.9 Å². The minimum Gasteiger partial charge on any atom is -0.404 e. The number of nitrogens with two attached hydrogens (primary N) is 1. The molecule has 148 valence electrons. The van der Waals surface area contributed by atoms with Gasteiger partial charge in [0.2, 0.25) is 0 Å². The SMILES string of the molecule is CC(C)N1CCCC(CN=C(N)Nc2ccccc2OC(F)(F)F)C1.I. The van der Waals surface area contributed by atoms with Crippen molar-refractivity contribution in [2.45, 2.75) is 39.1 Å². The van der Waals surface area contributed by atoms with Crippen LogP contribution < -0.4 is 15.8 Å². The lowest BCUT2D eigenvalue weighted by Crippen LogP contribution is -2.41. The summed E-state index contributed by atoms with van der Waals surface area (Å²) in [6, 6.07) is 6.24. The van der Waals surface area contributed by atoms with Gasteiger partial charge < -0.3 is 20.7 Å². The van der Waals surface area contributed by atoms with E-state index >= 15 is 0 Å². The zero-order valence-corrected chi connectivity index (χ0v) is 17.3. The molecule has 5 nitrogen and oxygen atoms in total. The zero-order valence-electron chi connectivity index (χ0n) is 14.9. The minimum atomic E-state index is -4.76. The fourth-order valence-corrected chi connectivity index (χ4v) is 2.90. The molecular weight excluding hydrogens is 460 g/mol. The third-order valence-corrected chi connectivity index (χ3v) is 4.18. The Bertz CT molecular complexity index is 596. The molecule has 2 rings (SSSR count). The van der Waals surface area contributed by atoms with Crippen LogP contribution in [0.3, 0.4) is 0 Å². The lowest BCUT2D eigenvalue weighted by Gasteiger charge is -2.34. The van der Waals surface area contributed by atoms with Gasteiger partial charge in [0.1, 0.15) is 0 Å². The molecule has 9 heteroatoms. The quantitative estimate of drug-likeness (QED) is 0.375. The Labute approximate surface area is 169 Å². The molecule has 1 saturated heterocycles. The number of alkyl halides is 3. The number of nitrogens with zero attached hydrogens (tertiary/aromatic N) is 2. The molecule has 1 atom stereocenters. The van der Waals surface area contributed by atoms with E-state index in [2.05, 4.69) is 33.8 Å². The Morgan fingerprint density at radius 2 is 2.08 bits per heavy atom. The van der Waals surface area contributed by atoms with Crippen molar-refractivity contribution in [3.8, 4) is 5.75 Å². The summed E-state index contributed by atoms with van der Waals surface area (Å²) in [5.41, 5.74) is 5.97. The van der Waals surface area contributed by atoms with Crippen molar-refractivity contribution in [3.63, 3.8) is 0 Å². The second-order valence-corrected chi connectivity index (χ2v) is 6.49. The molecule has 26 heavy (non-hydrogen) atoms. The maximum Gasteiger partial charge on any atom is 0.573 e. The summed E-state index contributed by atoms with van der Waals surface area (Å²) in [7, 11) is 0. The van der Waals surface area contributed by atoms with Crippen LogP contribution in [0.1, 0.15) is 26.7 Å². The summed E-state index contributed by atoms with van der Waals surface area (Å²) in [5.74, 6) is 0.148. The maximum absolute atomic E-state index is 12.4. The van der Waals surface area contributed by atoms with Crippen LogP contribution in [0.15, 0.2) is 29.3 Å². The van der Waals surface area contributed by atoms with Gasteiger partial charge in [-0.3, -0.25) is 4.99 Å². The van der Waals surface area contributed by atoms with Crippen LogP contribution in [0.2, 0.25) is 0 Å². The second-order valence-electron chi connectivity index (χ2n) is 6.49. The molecule has 0 radical (unpaired) electrons. The van der Waals surface area contributed by atoms with Crippen LogP contribution in [-0.4, -0.2) is 42.9 Å². The summed E-state index contributed by atoms with van der Waals surface area (Å²) in [6.45, 7) is 6.93. The molecule has 1 aliphatic heterocycles. The van der Waals surface area contributed by atoms with Crippen molar-refractivity contribution in [2.75, 3.05) is 25.0 Å². The molecule has 1 aliphatic rings. The van der Waals surface area contributed by atoms with Gasteiger partial charge in [-0.05, 0) is 51.3 Å². The highest BCUT2D eigenvalue weighted by atomic mass is 127. The van der Waals surface area contributed by atoms with Crippen LogP contribution >= 0.6 is 24.0 Å². The number of rotatable bonds is 5. The summed E-state index contributed by atoms with van der Waals surface area (Å²) in [5, 5.41) is 2.70. The molecule has 1 aromatic carbocycles. The van der Waals surface area contributed by atoms with E-state index in [1.807, 2.05) is 0 Å². The van der Waals surface area contributed by atoms with Crippen molar-refractivity contribution in [1.82, 2.24) is 4.90 Å². The van der Waals surface area contributed by atoms with Gasteiger partial charge in [0.05, 0.1) is 5.69 Å². The summed E-state index contributed by atoms with van der Waals surface area (Å²) >= 11 is 0. The Morgan fingerprint density at radius 1 is 1.38 bits per heavy atom.